The van der Waals surface area contributed by atoms with Crippen molar-refractivity contribution in [3.63, 3.8) is 0 Å². The predicted molar refractivity (Wildman–Crippen MR) is 94.6 cm³/mol. The number of halogens is 1. The van der Waals surface area contributed by atoms with E-state index in [4.69, 9.17) is 0 Å². The second-order valence-electron chi connectivity index (χ2n) is 7.52. The molecular formula is C19H28FN3O2. The molecule has 138 valence electrons. The molecule has 2 heterocycles. The molecule has 0 spiro atoms. The summed E-state index contributed by atoms with van der Waals surface area (Å²) in [5.41, 5.74) is -0.235. The van der Waals surface area contributed by atoms with Gasteiger partial charge in [-0.05, 0) is 44.6 Å². The number of hydrogen-bond donors (Lipinski definition) is 1. The smallest absolute Gasteiger partial charge is 0.224 e. The molecule has 0 aliphatic carbocycles. The Labute approximate surface area is 149 Å². The molecule has 0 aromatic heterocycles. The number of piperazine rings is 1. The first-order valence-electron chi connectivity index (χ1n) is 9.02. The van der Waals surface area contributed by atoms with Gasteiger partial charge in [0.25, 0.3) is 0 Å². The maximum Gasteiger partial charge on any atom is 0.224 e. The van der Waals surface area contributed by atoms with Crippen LogP contribution in [0.4, 0.5) is 4.39 Å². The van der Waals surface area contributed by atoms with Crippen molar-refractivity contribution in [3.8, 4) is 0 Å². The van der Waals surface area contributed by atoms with Gasteiger partial charge in [-0.2, -0.15) is 0 Å². The highest BCUT2D eigenvalue weighted by molar-refractivity contribution is 5.77. The van der Waals surface area contributed by atoms with E-state index in [0.717, 1.165) is 25.2 Å². The molecule has 2 aliphatic rings. The Hall–Kier alpha value is -1.50. The van der Waals surface area contributed by atoms with E-state index in [1.54, 1.807) is 12.1 Å². The highest BCUT2D eigenvalue weighted by atomic mass is 19.1. The number of amides is 1. The summed E-state index contributed by atoms with van der Waals surface area (Å²) in [7, 11) is 4.17. The first kappa shape index (κ1) is 18.3. The monoisotopic (exact) mass is 349 g/mol. The number of aliphatic hydroxyl groups is 1. The number of likely N-dealkylation sites (N-methyl/N-ethyl adjacent to an activating group) is 2. The number of likely N-dealkylation sites (tertiary alicyclic amines) is 1. The van der Waals surface area contributed by atoms with Gasteiger partial charge in [-0.1, -0.05) is 12.1 Å². The zero-order chi connectivity index (χ0) is 18.0. The van der Waals surface area contributed by atoms with Crippen LogP contribution in [0, 0.1) is 5.82 Å². The van der Waals surface area contributed by atoms with E-state index in [2.05, 4.69) is 23.9 Å². The third-order valence-corrected chi connectivity index (χ3v) is 5.72. The van der Waals surface area contributed by atoms with Gasteiger partial charge < -0.3 is 19.8 Å². The average molecular weight is 349 g/mol. The SMILES string of the molecule is CN1CCN(C)[C@@H](CC(=O)N2CCC(O)(c3ccc(F)cc3)CC2)C1. The summed E-state index contributed by atoms with van der Waals surface area (Å²) in [5.74, 6) is -0.144. The maximum absolute atomic E-state index is 13.1. The van der Waals surface area contributed by atoms with Crippen molar-refractivity contribution >= 4 is 5.91 Å². The Morgan fingerprint density at radius 2 is 1.80 bits per heavy atom. The minimum absolute atomic E-state index is 0.160. The van der Waals surface area contributed by atoms with Crippen LogP contribution in [0.15, 0.2) is 24.3 Å². The van der Waals surface area contributed by atoms with E-state index >= 15 is 0 Å². The number of carbonyl (C=O) groups is 1. The van der Waals surface area contributed by atoms with Crippen LogP contribution < -0.4 is 0 Å². The van der Waals surface area contributed by atoms with Crippen molar-refractivity contribution in [1.82, 2.24) is 14.7 Å². The number of carbonyl (C=O) groups excluding carboxylic acids is 1. The molecule has 0 saturated carbocycles. The molecule has 0 radical (unpaired) electrons. The lowest BCUT2D eigenvalue weighted by molar-refractivity contribution is -0.137. The van der Waals surface area contributed by atoms with E-state index in [1.165, 1.54) is 12.1 Å². The molecule has 5 nitrogen and oxygen atoms in total. The number of nitrogens with zero attached hydrogens (tertiary/aromatic N) is 3. The Balaban J connectivity index is 1.56. The lowest BCUT2D eigenvalue weighted by Crippen LogP contribution is -2.53. The quantitative estimate of drug-likeness (QED) is 0.893. The molecule has 3 rings (SSSR count). The Morgan fingerprint density at radius 1 is 1.16 bits per heavy atom. The van der Waals surface area contributed by atoms with Crippen molar-refractivity contribution < 1.29 is 14.3 Å². The predicted octanol–water partition coefficient (Wildman–Crippen LogP) is 1.27. The summed E-state index contributed by atoms with van der Waals surface area (Å²) in [5, 5.41) is 10.9. The van der Waals surface area contributed by atoms with Gasteiger partial charge in [-0.3, -0.25) is 4.79 Å². The molecule has 0 unspecified atom stereocenters. The van der Waals surface area contributed by atoms with E-state index in [-0.39, 0.29) is 17.8 Å². The molecule has 1 aromatic rings. The highest BCUT2D eigenvalue weighted by Crippen LogP contribution is 2.33. The van der Waals surface area contributed by atoms with Crippen LogP contribution >= 0.6 is 0 Å². The topological polar surface area (TPSA) is 47.0 Å². The van der Waals surface area contributed by atoms with Gasteiger partial charge in [0.15, 0.2) is 0 Å². The minimum atomic E-state index is -0.966. The molecule has 0 bridgehead atoms. The van der Waals surface area contributed by atoms with Gasteiger partial charge in [-0.15, -0.1) is 0 Å². The number of benzene rings is 1. The van der Waals surface area contributed by atoms with Crippen LogP contribution in [0.3, 0.4) is 0 Å². The molecule has 1 amide bonds. The fraction of sp³-hybridized carbons (Fsp3) is 0.632. The molecule has 2 fully saturated rings. The lowest BCUT2D eigenvalue weighted by atomic mass is 9.84. The van der Waals surface area contributed by atoms with Crippen molar-refractivity contribution in [2.45, 2.75) is 30.9 Å². The molecule has 1 N–H and O–H groups in total. The third-order valence-electron chi connectivity index (χ3n) is 5.72. The van der Waals surface area contributed by atoms with Crippen LogP contribution in [0.2, 0.25) is 0 Å². The van der Waals surface area contributed by atoms with Crippen LogP contribution in [0.1, 0.15) is 24.8 Å². The fourth-order valence-corrected chi connectivity index (χ4v) is 3.83. The highest BCUT2D eigenvalue weighted by Gasteiger charge is 2.36. The Morgan fingerprint density at radius 3 is 2.44 bits per heavy atom. The van der Waals surface area contributed by atoms with E-state index in [0.29, 0.717) is 32.4 Å². The molecule has 1 aromatic carbocycles. The lowest BCUT2D eigenvalue weighted by Gasteiger charge is -2.41. The number of rotatable bonds is 3. The average Bonchev–Trinajstić information content (AvgIpc) is 2.59. The Kier molecular flexibility index (Phi) is 5.41. The number of hydrogen-bond acceptors (Lipinski definition) is 4. The van der Waals surface area contributed by atoms with Crippen molar-refractivity contribution in [1.29, 1.82) is 0 Å². The van der Waals surface area contributed by atoms with Gasteiger partial charge in [-0.25, -0.2) is 4.39 Å². The first-order chi connectivity index (χ1) is 11.9. The standard InChI is InChI=1S/C19H28FN3O2/c1-21-11-12-22(2)17(14-21)13-18(24)23-9-7-19(25,8-10-23)15-3-5-16(20)6-4-15/h3-6,17,25H,7-14H2,1-2H3/t17-/m0/s1. The van der Waals surface area contributed by atoms with Gasteiger partial charge in [0.2, 0.25) is 5.91 Å². The second-order valence-corrected chi connectivity index (χ2v) is 7.52. The Bertz CT molecular complexity index is 599. The minimum Gasteiger partial charge on any atom is -0.385 e. The van der Waals surface area contributed by atoms with Gasteiger partial charge >= 0.3 is 0 Å². The van der Waals surface area contributed by atoms with E-state index in [9.17, 15) is 14.3 Å². The van der Waals surface area contributed by atoms with E-state index in [1.807, 2.05) is 4.90 Å². The van der Waals surface area contributed by atoms with Crippen LogP contribution in [-0.4, -0.2) is 78.6 Å². The van der Waals surface area contributed by atoms with Crippen LogP contribution in [-0.2, 0) is 10.4 Å². The second kappa shape index (κ2) is 7.40. The summed E-state index contributed by atoms with van der Waals surface area (Å²) in [6.07, 6.45) is 1.51. The maximum atomic E-state index is 13.1. The van der Waals surface area contributed by atoms with Crippen molar-refractivity contribution in [2.24, 2.45) is 0 Å². The normalized spacial score (nSPS) is 25.1. The van der Waals surface area contributed by atoms with Crippen molar-refractivity contribution in [3.05, 3.63) is 35.6 Å². The summed E-state index contributed by atoms with van der Waals surface area (Å²) < 4.78 is 13.1. The summed E-state index contributed by atoms with van der Waals surface area (Å²) in [6, 6.07) is 6.28. The van der Waals surface area contributed by atoms with E-state index < -0.39 is 5.60 Å². The summed E-state index contributed by atoms with van der Waals surface area (Å²) >= 11 is 0. The molecule has 25 heavy (non-hydrogen) atoms. The summed E-state index contributed by atoms with van der Waals surface area (Å²) in [4.78, 5) is 19.0. The molecule has 1 atom stereocenters. The van der Waals surface area contributed by atoms with Gasteiger partial charge in [0, 0.05) is 45.2 Å². The molecular weight excluding hydrogens is 321 g/mol. The molecule has 6 heteroatoms. The first-order valence-corrected chi connectivity index (χ1v) is 9.02. The van der Waals surface area contributed by atoms with Gasteiger partial charge in [0.1, 0.15) is 5.82 Å². The molecule has 2 saturated heterocycles. The zero-order valence-electron chi connectivity index (χ0n) is 15.1. The zero-order valence-corrected chi connectivity index (χ0v) is 15.1. The van der Waals surface area contributed by atoms with Gasteiger partial charge in [0.05, 0.1) is 5.60 Å². The molecule has 2 aliphatic heterocycles. The van der Waals surface area contributed by atoms with Crippen LogP contribution in [0.25, 0.3) is 0 Å². The van der Waals surface area contributed by atoms with Crippen molar-refractivity contribution in [2.75, 3.05) is 46.8 Å². The third kappa shape index (κ3) is 4.19. The van der Waals surface area contributed by atoms with Crippen LogP contribution in [0.5, 0.6) is 0 Å². The largest absolute Gasteiger partial charge is 0.385 e. The fourth-order valence-electron chi connectivity index (χ4n) is 3.83. The number of piperidine rings is 1. The summed E-state index contributed by atoms with van der Waals surface area (Å²) in [6.45, 7) is 4.02.